The summed E-state index contributed by atoms with van der Waals surface area (Å²) in [7, 11) is 4.04. The van der Waals surface area contributed by atoms with Crippen LogP contribution in [0.4, 0.5) is 5.69 Å². The minimum atomic E-state index is 0.705. The first-order valence-electron chi connectivity index (χ1n) is 6.09. The van der Waals surface area contributed by atoms with Crippen molar-refractivity contribution < 1.29 is 0 Å². The molecular weight excluding hydrogens is 236 g/mol. The van der Waals surface area contributed by atoms with E-state index in [0.29, 0.717) is 5.82 Å². The summed E-state index contributed by atoms with van der Waals surface area (Å²) in [6.45, 7) is 0. The number of rotatable bonds is 2. The molecule has 0 saturated carbocycles. The van der Waals surface area contributed by atoms with Crippen molar-refractivity contribution in [1.29, 1.82) is 0 Å². The first kappa shape index (κ1) is 11.6. The highest BCUT2D eigenvalue weighted by Gasteiger charge is 2.04. The van der Waals surface area contributed by atoms with Crippen LogP contribution in [-0.4, -0.2) is 29.0 Å². The van der Waals surface area contributed by atoms with Gasteiger partial charge in [0.25, 0.3) is 0 Å². The third kappa shape index (κ3) is 2.25. The molecule has 0 spiro atoms. The van der Waals surface area contributed by atoms with E-state index in [4.69, 9.17) is 0 Å². The first-order valence-corrected chi connectivity index (χ1v) is 6.09. The van der Waals surface area contributed by atoms with Crippen LogP contribution in [0.15, 0.2) is 48.8 Å². The number of nitrogens with zero attached hydrogens (tertiary/aromatic N) is 4. The fourth-order valence-corrected chi connectivity index (χ4v) is 1.91. The molecule has 0 N–H and O–H groups in total. The van der Waals surface area contributed by atoms with Crippen LogP contribution in [0.25, 0.3) is 22.4 Å². The van der Waals surface area contributed by atoms with Crippen molar-refractivity contribution in [3.8, 4) is 11.4 Å². The number of pyridine rings is 1. The van der Waals surface area contributed by atoms with Gasteiger partial charge in [-0.15, -0.1) is 0 Å². The minimum Gasteiger partial charge on any atom is -0.378 e. The van der Waals surface area contributed by atoms with Crippen molar-refractivity contribution in [1.82, 2.24) is 15.0 Å². The molecule has 3 aromatic rings. The van der Waals surface area contributed by atoms with E-state index < -0.39 is 0 Å². The summed E-state index contributed by atoms with van der Waals surface area (Å²) in [6.07, 6.45) is 3.55. The molecule has 0 atom stereocenters. The molecule has 0 aliphatic carbocycles. The van der Waals surface area contributed by atoms with E-state index >= 15 is 0 Å². The van der Waals surface area contributed by atoms with Gasteiger partial charge in [0.15, 0.2) is 11.5 Å². The summed E-state index contributed by atoms with van der Waals surface area (Å²) in [5.74, 6) is 0.705. The van der Waals surface area contributed by atoms with Gasteiger partial charge in [-0.2, -0.15) is 0 Å². The maximum atomic E-state index is 4.48. The molecule has 4 nitrogen and oxygen atoms in total. The van der Waals surface area contributed by atoms with Crippen LogP contribution in [0.2, 0.25) is 0 Å². The number of fused-ring (bicyclic) bond motifs is 1. The monoisotopic (exact) mass is 250 g/mol. The zero-order valence-corrected chi connectivity index (χ0v) is 10.9. The van der Waals surface area contributed by atoms with Crippen LogP contribution in [0.5, 0.6) is 0 Å². The Bertz CT molecular complexity index is 705. The maximum Gasteiger partial charge on any atom is 0.163 e. The van der Waals surface area contributed by atoms with E-state index in [1.54, 1.807) is 6.20 Å². The van der Waals surface area contributed by atoms with Crippen molar-refractivity contribution >= 4 is 16.7 Å². The maximum absolute atomic E-state index is 4.48. The van der Waals surface area contributed by atoms with Crippen molar-refractivity contribution in [2.24, 2.45) is 0 Å². The lowest BCUT2D eigenvalue weighted by atomic mass is 10.2. The molecule has 3 rings (SSSR count). The van der Waals surface area contributed by atoms with Crippen LogP contribution in [0.3, 0.4) is 0 Å². The summed E-state index contributed by atoms with van der Waals surface area (Å²) in [4.78, 5) is 15.2. The van der Waals surface area contributed by atoms with Gasteiger partial charge in [0.05, 0.1) is 0 Å². The Hall–Kier alpha value is -2.49. The molecule has 0 unspecified atom stereocenters. The quantitative estimate of drug-likeness (QED) is 0.701. The smallest absolute Gasteiger partial charge is 0.163 e. The highest BCUT2D eigenvalue weighted by atomic mass is 15.1. The van der Waals surface area contributed by atoms with Crippen LogP contribution >= 0.6 is 0 Å². The van der Waals surface area contributed by atoms with Gasteiger partial charge >= 0.3 is 0 Å². The van der Waals surface area contributed by atoms with Gasteiger partial charge in [0, 0.05) is 43.1 Å². The molecule has 0 aliphatic heterocycles. The van der Waals surface area contributed by atoms with Gasteiger partial charge < -0.3 is 4.90 Å². The second-order valence-corrected chi connectivity index (χ2v) is 4.55. The van der Waals surface area contributed by atoms with Gasteiger partial charge in [0.1, 0.15) is 0 Å². The molecule has 0 bridgehead atoms. The fraction of sp³-hybridized carbons (Fsp3) is 0.133. The van der Waals surface area contributed by atoms with E-state index in [9.17, 15) is 0 Å². The second-order valence-electron chi connectivity index (χ2n) is 4.55. The molecule has 19 heavy (non-hydrogen) atoms. The van der Waals surface area contributed by atoms with Gasteiger partial charge in [0.2, 0.25) is 0 Å². The first-order chi connectivity index (χ1) is 9.24. The summed E-state index contributed by atoms with van der Waals surface area (Å²) in [5, 5.41) is 0.955. The third-order valence-corrected chi connectivity index (χ3v) is 3.00. The molecule has 94 valence electrons. The van der Waals surface area contributed by atoms with E-state index in [2.05, 4.69) is 32.0 Å². The number of aromatic nitrogens is 3. The SMILES string of the molecule is CN(C)c1ccc(-c2ncc3cccnc3n2)cc1. The Balaban J connectivity index is 2.03. The number of anilines is 1. The van der Waals surface area contributed by atoms with Crippen molar-refractivity contribution in [2.45, 2.75) is 0 Å². The molecule has 0 aliphatic rings. The third-order valence-electron chi connectivity index (χ3n) is 3.00. The van der Waals surface area contributed by atoms with E-state index in [-0.39, 0.29) is 0 Å². The van der Waals surface area contributed by atoms with Crippen molar-refractivity contribution in [2.75, 3.05) is 19.0 Å². The van der Waals surface area contributed by atoms with Crippen LogP contribution in [-0.2, 0) is 0 Å². The predicted octanol–water partition coefficient (Wildman–Crippen LogP) is 2.76. The Morgan fingerprint density at radius 2 is 1.74 bits per heavy atom. The Morgan fingerprint density at radius 3 is 2.47 bits per heavy atom. The Labute approximate surface area is 111 Å². The van der Waals surface area contributed by atoms with Gasteiger partial charge in [-0.3, -0.25) is 0 Å². The highest BCUT2D eigenvalue weighted by Crippen LogP contribution is 2.20. The average Bonchev–Trinajstić information content (AvgIpc) is 2.47. The number of benzene rings is 1. The van der Waals surface area contributed by atoms with E-state index in [1.807, 2.05) is 44.6 Å². The molecule has 0 saturated heterocycles. The summed E-state index contributed by atoms with van der Waals surface area (Å²) in [6, 6.07) is 12.0. The molecule has 2 aromatic heterocycles. The number of hydrogen-bond acceptors (Lipinski definition) is 4. The summed E-state index contributed by atoms with van der Waals surface area (Å²) >= 11 is 0. The molecule has 4 heteroatoms. The minimum absolute atomic E-state index is 0.705. The van der Waals surface area contributed by atoms with Crippen LogP contribution < -0.4 is 4.90 Å². The van der Waals surface area contributed by atoms with E-state index in [1.165, 1.54) is 0 Å². The fourth-order valence-electron chi connectivity index (χ4n) is 1.91. The predicted molar refractivity (Wildman–Crippen MR) is 77.1 cm³/mol. The topological polar surface area (TPSA) is 41.9 Å². The second kappa shape index (κ2) is 4.65. The Morgan fingerprint density at radius 1 is 0.947 bits per heavy atom. The highest BCUT2D eigenvalue weighted by molar-refractivity contribution is 5.75. The standard InChI is InChI=1S/C15H14N4/c1-19(2)13-7-5-11(6-8-13)14-17-10-12-4-3-9-16-15(12)18-14/h3-10H,1-2H3. The molecule has 0 radical (unpaired) electrons. The zero-order valence-electron chi connectivity index (χ0n) is 10.9. The van der Waals surface area contributed by atoms with E-state index in [0.717, 1.165) is 22.3 Å². The van der Waals surface area contributed by atoms with Crippen molar-refractivity contribution in [3.63, 3.8) is 0 Å². The van der Waals surface area contributed by atoms with Crippen molar-refractivity contribution in [3.05, 3.63) is 48.8 Å². The van der Waals surface area contributed by atoms with Gasteiger partial charge in [-0.25, -0.2) is 15.0 Å². The van der Waals surface area contributed by atoms with Crippen LogP contribution in [0.1, 0.15) is 0 Å². The van der Waals surface area contributed by atoms with Crippen LogP contribution in [0, 0.1) is 0 Å². The average molecular weight is 250 g/mol. The number of hydrogen-bond donors (Lipinski definition) is 0. The lowest BCUT2D eigenvalue weighted by molar-refractivity contribution is 1.13. The molecule has 1 aromatic carbocycles. The molecule has 0 amide bonds. The van der Waals surface area contributed by atoms with Gasteiger partial charge in [-0.1, -0.05) is 0 Å². The van der Waals surface area contributed by atoms with Gasteiger partial charge in [-0.05, 0) is 36.4 Å². The summed E-state index contributed by atoms with van der Waals surface area (Å²) < 4.78 is 0. The molecule has 0 fully saturated rings. The lowest BCUT2D eigenvalue weighted by Crippen LogP contribution is -2.08. The normalized spacial score (nSPS) is 10.6. The lowest BCUT2D eigenvalue weighted by Gasteiger charge is -2.12. The largest absolute Gasteiger partial charge is 0.378 e. The Kier molecular flexibility index (Phi) is 2.83. The molecule has 2 heterocycles. The molecular formula is C15H14N4. The summed E-state index contributed by atoms with van der Waals surface area (Å²) in [5.41, 5.74) is 2.88. The zero-order chi connectivity index (χ0) is 13.2.